The highest BCUT2D eigenvalue weighted by Gasteiger charge is 2.27. The summed E-state index contributed by atoms with van der Waals surface area (Å²) >= 11 is 0. The van der Waals surface area contributed by atoms with Gasteiger partial charge in [-0.3, -0.25) is 0 Å². The maximum absolute atomic E-state index is 11.2. The second kappa shape index (κ2) is 5.79. The van der Waals surface area contributed by atoms with Crippen molar-refractivity contribution in [1.29, 1.82) is 0 Å². The Hall–Kier alpha value is -1.62. The minimum absolute atomic E-state index is 0.267. The molecule has 2 fully saturated rings. The van der Waals surface area contributed by atoms with Crippen LogP contribution in [0, 0.1) is 5.92 Å². The van der Waals surface area contributed by atoms with Gasteiger partial charge in [-0.05, 0) is 37.7 Å². The number of rotatable bonds is 5. The van der Waals surface area contributed by atoms with E-state index >= 15 is 0 Å². The molecule has 0 amide bonds. The average Bonchev–Trinajstić information content (AvgIpc) is 3.30. The number of aromatic nitrogens is 1. The van der Waals surface area contributed by atoms with Crippen LogP contribution in [0.3, 0.4) is 0 Å². The number of carboxylic acid groups (broad SMARTS) is 1. The van der Waals surface area contributed by atoms with E-state index in [4.69, 9.17) is 14.6 Å². The van der Waals surface area contributed by atoms with Crippen molar-refractivity contribution in [2.75, 3.05) is 19.8 Å². The fourth-order valence-electron chi connectivity index (χ4n) is 2.43. The Morgan fingerprint density at radius 2 is 2.05 bits per heavy atom. The van der Waals surface area contributed by atoms with E-state index in [1.807, 2.05) is 0 Å². The third-order valence-electron chi connectivity index (χ3n) is 3.87. The summed E-state index contributed by atoms with van der Waals surface area (Å²) in [7, 11) is 0. The maximum Gasteiger partial charge on any atom is 0.335 e. The van der Waals surface area contributed by atoms with Crippen LogP contribution in [0.5, 0.6) is 5.88 Å². The van der Waals surface area contributed by atoms with Crippen molar-refractivity contribution < 1.29 is 19.4 Å². The summed E-state index contributed by atoms with van der Waals surface area (Å²) in [5.74, 6) is 0.409. The van der Waals surface area contributed by atoms with Crippen molar-refractivity contribution in [2.45, 2.75) is 31.6 Å². The Morgan fingerprint density at radius 1 is 1.30 bits per heavy atom. The van der Waals surface area contributed by atoms with Gasteiger partial charge in [-0.15, -0.1) is 0 Å². The minimum atomic E-state index is -0.926. The highest BCUT2D eigenvalue weighted by atomic mass is 16.5. The summed E-state index contributed by atoms with van der Waals surface area (Å²) in [6.07, 6.45) is 4.17. The van der Waals surface area contributed by atoms with Crippen LogP contribution in [0.15, 0.2) is 12.1 Å². The molecule has 0 spiro atoms. The number of carbonyl (C=O) groups is 1. The maximum atomic E-state index is 11.2. The van der Waals surface area contributed by atoms with E-state index in [2.05, 4.69) is 4.98 Å². The summed E-state index contributed by atoms with van der Waals surface area (Å²) in [4.78, 5) is 15.6. The van der Waals surface area contributed by atoms with E-state index in [-0.39, 0.29) is 5.56 Å². The molecule has 1 aliphatic heterocycles. The Labute approximate surface area is 117 Å². The molecule has 3 rings (SSSR count). The van der Waals surface area contributed by atoms with Crippen LogP contribution in [-0.4, -0.2) is 35.9 Å². The number of pyridine rings is 1. The van der Waals surface area contributed by atoms with Gasteiger partial charge in [-0.2, -0.15) is 0 Å². The van der Waals surface area contributed by atoms with Gasteiger partial charge >= 0.3 is 5.97 Å². The lowest BCUT2D eigenvalue weighted by Gasteiger charge is -2.21. The predicted molar refractivity (Wildman–Crippen MR) is 72.2 cm³/mol. The molecule has 1 aromatic heterocycles. The third-order valence-corrected chi connectivity index (χ3v) is 3.87. The summed E-state index contributed by atoms with van der Waals surface area (Å²) in [6.45, 7) is 2.15. The van der Waals surface area contributed by atoms with Gasteiger partial charge in [-0.25, -0.2) is 9.78 Å². The zero-order valence-corrected chi connectivity index (χ0v) is 11.4. The summed E-state index contributed by atoms with van der Waals surface area (Å²) in [5.41, 5.74) is 1.12. The predicted octanol–water partition coefficient (Wildman–Crippen LogP) is 2.46. The fourth-order valence-corrected chi connectivity index (χ4v) is 2.43. The monoisotopic (exact) mass is 277 g/mol. The van der Waals surface area contributed by atoms with Gasteiger partial charge in [0.15, 0.2) is 0 Å². The Kier molecular flexibility index (Phi) is 3.87. The number of nitrogens with zero attached hydrogens (tertiary/aromatic N) is 1. The number of aromatic carboxylic acids is 1. The van der Waals surface area contributed by atoms with Crippen molar-refractivity contribution in [1.82, 2.24) is 4.98 Å². The molecule has 1 saturated heterocycles. The highest BCUT2D eigenvalue weighted by Crippen LogP contribution is 2.40. The van der Waals surface area contributed by atoms with Gasteiger partial charge in [-0.1, -0.05) is 0 Å². The molecule has 1 aromatic rings. The van der Waals surface area contributed by atoms with E-state index in [0.717, 1.165) is 44.6 Å². The van der Waals surface area contributed by atoms with Crippen molar-refractivity contribution in [3.8, 4) is 5.88 Å². The molecule has 2 aliphatic rings. The molecule has 5 heteroatoms. The number of hydrogen-bond donors (Lipinski definition) is 1. The first-order chi connectivity index (χ1) is 9.72. The normalized spacial score (nSPS) is 19.8. The lowest BCUT2D eigenvalue weighted by atomic mass is 10.0. The molecule has 2 heterocycles. The van der Waals surface area contributed by atoms with Crippen LogP contribution in [0.25, 0.3) is 0 Å². The molecular weight excluding hydrogens is 258 g/mol. The first-order valence-electron chi connectivity index (χ1n) is 7.18. The topological polar surface area (TPSA) is 68.7 Å². The van der Waals surface area contributed by atoms with Crippen LogP contribution >= 0.6 is 0 Å². The lowest BCUT2D eigenvalue weighted by molar-refractivity contribution is 0.0489. The molecule has 1 saturated carbocycles. The van der Waals surface area contributed by atoms with E-state index in [1.54, 1.807) is 6.07 Å². The quantitative estimate of drug-likeness (QED) is 0.895. The van der Waals surface area contributed by atoms with Gasteiger partial charge < -0.3 is 14.6 Å². The number of carboxylic acids is 1. The SMILES string of the molecule is O=C(O)c1cc(OCC2CCOCC2)nc(C2CC2)c1. The molecule has 0 atom stereocenters. The standard InChI is InChI=1S/C15H19NO4/c17-15(18)12-7-13(11-1-2-11)16-14(8-12)20-9-10-3-5-19-6-4-10/h7-8,10-11H,1-6,9H2,(H,17,18). The molecule has 0 radical (unpaired) electrons. The van der Waals surface area contributed by atoms with E-state index < -0.39 is 5.97 Å². The van der Waals surface area contributed by atoms with Crippen molar-refractivity contribution in [2.24, 2.45) is 5.92 Å². The minimum Gasteiger partial charge on any atom is -0.478 e. The summed E-state index contributed by atoms with van der Waals surface area (Å²) in [5, 5.41) is 9.15. The van der Waals surface area contributed by atoms with E-state index in [0.29, 0.717) is 24.3 Å². The number of ether oxygens (including phenoxy) is 2. The molecule has 0 bridgehead atoms. The Bertz CT molecular complexity index is 493. The zero-order valence-electron chi connectivity index (χ0n) is 11.4. The van der Waals surface area contributed by atoms with Gasteiger partial charge in [0.1, 0.15) is 0 Å². The van der Waals surface area contributed by atoms with Crippen molar-refractivity contribution in [3.05, 3.63) is 23.4 Å². The van der Waals surface area contributed by atoms with E-state index in [1.165, 1.54) is 6.07 Å². The third kappa shape index (κ3) is 3.28. The average molecular weight is 277 g/mol. The van der Waals surface area contributed by atoms with E-state index in [9.17, 15) is 4.79 Å². The van der Waals surface area contributed by atoms with Crippen LogP contribution in [0.4, 0.5) is 0 Å². The molecule has 0 unspecified atom stereocenters. The van der Waals surface area contributed by atoms with Crippen LogP contribution in [0.2, 0.25) is 0 Å². The molecule has 1 aliphatic carbocycles. The van der Waals surface area contributed by atoms with Gasteiger partial charge in [0.25, 0.3) is 0 Å². The van der Waals surface area contributed by atoms with Gasteiger partial charge in [0.2, 0.25) is 5.88 Å². The molecule has 5 nitrogen and oxygen atoms in total. The largest absolute Gasteiger partial charge is 0.478 e. The van der Waals surface area contributed by atoms with Gasteiger partial charge in [0.05, 0.1) is 12.2 Å². The molecule has 0 aromatic carbocycles. The highest BCUT2D eigenvalue weighted by molar-refractivity contribution is 5.88. The molecule has 1 N–H and O–H groups in total. The fraction of sp³-hybridized carbons (Fsp3) is 0.600. The zero-order chi connectivity index (χ0) is 13.9. The molecule has 20 heavy (non-hydrogen) atoms. The van der Waals surface area contributed by atoms with Gasteiger partial charge in [0, 0.05) is 30.9 Å². The van der Waals surface area contributed by atoms with Crippen LogP contribution in [-0.2, 0) is 4.74 Å². The number of hydrogen-bond acceptors (Lipinski definition) is 4. The molecule has 108 valence electrons. The second-order valence-corrected chi connectivity index (χ2v) is 5.57. The molecular formula is C15H19NO4. The Balaban J connectivity index is 1.69. The summed E-state index contributed by atoms with van der Waals surface area (Å²) in [6, 6.07) is 3.19. The first-order valence-corrected chi connectivity index (χ1v) is 7.18. The lowest BCUT2D eigenvalue weighted by Crippen LogP contribution is -2.21. The first kappa shape index (κ1) is 13.4. The Morgan fingerprint density at radius 3 is 2.70 bits per heavy atom. The smallest absolute Gasteiger partial charge is 0.335 e. The van der Waals surface area contributed by atoms with Crippen LogP contribution < -0.4 is 4.74 Å². The second-order valence-electron chi connectivity index (χ2n) is 5.57. The van der Waals surface area contributed by atoms with Crippen LogP contribution in [0.1, 0.15) is 47.7 Å². The summed E-state index contributed by atoms with van der Waals surface area (Å²) < 4.78 is 11.0. The van der Waals surface area contributed by atoms with Crippen molar-refractivity contribution in [3.63, 3.8) is 0 Å². The van der Waals surface area contributed by atoms with Crippen molar-refractivity contribution >= 4 is 5.97 Å².